The van der Waals surface area contributed by atoms with E-state index in [1.54, 1.807) is 19.1 Å². The van der Waals surface area contributed by atoms with Gasteiger partial charge in [-0.15, -0.1) is 0 Å². The van der Waals surface area contributed by atoms with Gasteiger partial charge in [0.2, 0.25) is 0 Å². The number of amides is 2. The number of carbonyl (C=O) groups excluding carboxylic acids is 3. The molecular formula is C24H26N2O5. The fourth-order valence-electron chi connectivity index (χ4n) is 4.10. The van der Waals surface area contributed by atoms with Crippen molar-refractivity contribution in [1.82, 2.24) is 5.32 Å². The first-order valence-corrected chi connectivity index (χ1v) is 10.6. The average molecular weight is 422 g/mol. The van der Waals surface area contributed by atoms with Gasteiger partial charge < -0.3 is 19.7 Å². The highest BCUT2D eigenvalue weighted by Gasteiger charge is 2.28. The molecule has 4 rings (SSSR count). The minimum absolute atomic E-state index is 0.00996. The highest BCUT2D eigenvalue weighted by atomic mass is 16.5. The number of ether oxygens (including phenoxy) is 2. The lowest BCUT2D eigenvalue weighted by atomic mass is 9.87. The van der Waals surface area contributed by atoms with Crippen LogP contribution in [0.2, 0.25) is 0 Å². The molecule has 1 aliphatic carbocycles. The zero-order valence-corrected chi connectivity index (χ0v) is 17.5. The first kappa shape index (κ1) is 20.9. The van der Waals surface area contributed by atoms with Crippen LogP contribution in [0.4, 0.5) is 5.69 Å². The summed E-state index contributed by atoms with van der Waals surface area (Å²) in [5.74, 6) is -0.449. The molecule has 0 aromatic heterocycles. The quantitative estimate of drug-likeness (QED) is 0.724. The summed E-state index contributed by atoms with van der Waals surface area (Å²) in [4.78, 5) is 38.7. The van der Waals surface area contributed by atoms with E-state index in [2.05, 4.69) is 11.4 Å². The fraction of sp³-hybridized carbons (Fsp3) is 0.375. The van der Waals surface area contributed by atoms with Crippen molar-refractivity contribution in [1.29, 1.82) is 0 Å². The maximum absolute atomic E-state index is 12.6. The van der Waals surface area contributed by atoms with E-state index in [1.165, 1.54) is 10.5 Å². The smallest absolute Gasteiger partial charge is 0.308 e. The zero-order chi connectivity index (χ0) is 21.8. The van der Waals surface area contributed by atoms with Crippen LogP contribution in [-0.4, -0.2) is 37.0 Å². The second-order valence-corrected chi connectivity index (χ2v) is 7.84. The highest BCUT2D eigenvalue weighted by Crippen LogP contribution is 2.32. The molecule has 7 nitrogen and oxygen atoms in total. The number of fused-ring (bicyclic) bond motifs is 2. The molecule has 1 aliphatic heterocycles. The van der Waals surface area contributed by atoms with Gasteiger partial charge in [0.1, 0.15) is 5.75 Å². The molecule has 2 atom stereocenters. The van der Waals surface area contributed by atoms with Gasteiger partial charge in [0.15, 0.2) is 12.7 Å². The van der Waals surface area contributed by atoms with Crippen LogP contribution in [0.1, 0.15) is 43.4 Å². The van der Waals surface area contributed by atoms with Gasteiger partial charge in [-0.25, -0.2) is 0 Å². The van der Waals surface area contributed by atoms with Gasteiger partial charge in [0, 0.05) is 6.54 Å². The van der Waals surface area contributed by atoms with E-state index < -0.39 is 12.1 Å². The van der Waals surface area contributed by atoms with Crippen LogP contribution in [0.15, 0.2) is 48.5 Å². The third kappa shape index (κ3) is 4.71. The molecule has 0 saturated carbocycles. The molecule has 7 heteroatoms. The molecule has 0 unspecified atom stereocenters. The van der Waals surface area contributed by atoms with Crippen LogP contribution in [0.5, 0.6) is 5.75 Å². The van der Waals surface area contributed by atoms with Gasteiger partial charge in [-0.2, -0.15) is 0 Å². The molecule has 2 amide bonds. The number of para-hydroxylation sites is 2. The summed E-state index contributed by atoms with van der Waals surface area (Å²) in [6.07, 6.45) is 1.96. The fourth-order valence-corrected chi connectivity index (χ4v) is 4.10. The maximum Gasteiger partial charge on any atom is 0.308 e. The summed E-state index contributed by atoms with van der Waals surface area (Å²) in [6.45, 7) is 1.67. The lowest BCUT2D eigenvalue weighted by Crippen LogP contribution is -2.41. The summed E-state index contributed by atoms with van der Waals surface area (Å²) in [7, 11) is 0. The van der Waals surface area contributed by atoms with Crippen molar-refractivity contribution in [2.75, 3.05) is 18.1 Å². The van der Waals surface area contributed by atoms with Crippen molar-refractivity contribution in [3.8, 4) is 5.75 Å². The number of carbonyl (C=O) groups is 3. The summed E-state index contributed by atoms with van der Waals surface area (Å²) in [5, 5.41) is 3.01. The molecule has 1 N–H and O–H groups in total. The molecule has 0 fully saturated rings. The molecular weight excluding hydrogens is 396 g/mol. The van der Waals surface area contributed by atoms with Crippen molar-refractivity contribution < 1.29 is 23.9 Å². The van der Waals surface area contributed by atoms with E-state index in [-0.39, 0.29) is 37.4 Å². The third-order valence-electron chi connectivity index (χ3n) is 5.71. The van der Waals surface area contributed by atoms with Crippen molar-refractivity contribution in [3.63, 3.8) is 0 Å². The van der Waals surface area contributed by atoms with Gasteiger partial charge in [0.05, 0.1) is 18.2 Å². The second-order valence-electron chi connectivity index (χ2n) is 7.84. The van der Waals surface area contributed by atoms with Crippen molar-refractivity contribution >= 4 is 23.5 Å². The van der Waals surface area contributed by atoms with Crippen molar-refractivity contribution in [2.24, 2.45) is 0 Å². The number of aryl methyl sites for hydroxylation is 1. The Morgan fingerprint density at radius 2 is 1.97 bits per heavy atom. The van der Waals surface area contributed by atoms with E-state index >= 15 is 0 Å². The molecule has 0 spiro atoms. The summed E-state index contributed by atoms with van der Waals surface area (Å²) >= 11 is 0. The van der Waals surface area contributed by atoms with Gasteiger partial charge in [-0.1, -0.05) is 36.4 Å². The molecule has 2 aromatic rings. The number of hydrogen-bond donors (Lipinski definition) is 1. The van der Waals surface area contributed by atoms with E-state index in [0.29, 0.717) is 11.4 Å². The number of esters is 1. The van der Waals surface area contributed by atoms with E-state index in [1.807, 2.05) is 30.3 Å². The second kappa shape index (κ2) is 9.20. The van der Waals surface area contributed by atoms with Crippen LogP contribution in [-0.2, 0) is 25.5 Å². The van der Waals surface area contributed by atoms with Gasteiger partial charge in [-0.3, -0.25) is 14.4 Å². The topological polar surface area (TPSA) is 84.9 Å². The van der Waals surface area contributed by atoms with Crippen LogP contribution in [0, 0.1) is 0 Å². The molecule has 1 heterocycles. The van der Waals surface area contributed by atoms with Crippen molar-refractivity contribution in [3.05, 3.63) is 59.7 Å². The number of benzene rings is 2. The SMILES string of the molecule is C[C@H](OC(=O)CCN1C(=O)COc2ccccc21)C(=O)N[C@@H]1CCCc2ccccc21. The Hall–Kier alpha value is -3.35. The molecule has 0 bridgehead atoms. The molecule has 162 valence electrons. The summed E-state index contributed by atoms with van der Waals surface area (Å²) in [5.41, 5.74) is 3.01. The van der Waals surface area contributed by atoms with Gasteiger partial charge in [0.25, 0.3) is 11.8 Å². The minimum Gasteiger partial charge on any atom is -0.482 e. The number of anilines is 1. The summed E-state index contributed by atoms with van der Waals surface area (Å²) in [6, 6.07) is 15.2. The molecule has 2 aliphatic rings. The van der Waals surface area contributed by atoms with E-state index in [0.717, 1.165) is 24.8 Å². The van der Waals surface area contributed by atoms with Crippen LogP contribution < -0.4 is 15.0 Å². The zero-order valence-electron chi connectivity index (χ0n) is 17.5. The Morgan fingerprint density at radius 3 is 2.84 bits per heavy atom. The first-order chi connectivity index (χ1) is 15.0. The molecule has 31 heavy (non-hydrogen) atoms. The maximum atomic E-state index is 12.6. The van der Waals surface area contributed by atoms with Crippen LogP contribution in [0.3, 0.4) is 0 Å². The Kier molecular flexibility index (Phi) is 6.21. The van der Waals surface area contributed by atoms with Crippen LogP contribution in [0.25, 0.3) is 0 Å². The highest BCUT2D eigenvalue weighted by molar-refractivity contribution is 5.98. The van der Waals surface area contributed by atoms with Crippen molar-refractivity contribution in [2.45, 2.75) is 44.8 Å². The first-order valence-electron chi connectivity index (χ1n) is 10.6. The minimum atomic E-state index is -0.908. The standard InChI is InChI=1S/C24H26N2O5/c1-16(24(29)25-19-10-6-8-17-7-2-3-9-18(17)19)31-23(28)13-14-26-20-11-4-5-12-21(20)30-15-22(26)27/h2-5,7,9,11-12,16,19H,6,8,10,13-15H2,1H3,(H,25,29)/t16-,19+/m0/s1. The predicted octanol–water partition coefficient (Wildman–Crippen LogP) is 2.93. The Labute approximate surface area is 181 Å². The number of nitrogens with one attached hydrogen (secondary N) is 1. The molecule has 2 aromatic carbocycles. The number of hydrogen-bond acceptors (Lipinski definition) is 5. The van der Waals surface area contributed by atoms with E-state index in [9.17, 15) is 14.4 Å². The Bertz CT molecular complexity index is 989. The number of rotatable bonds is 6. The van der Waals surface area contributed by atoms with E-state index in [4.69, 9.17) is 9.47 Å². The predicted molar refractivity (Wildman–Crippen MR) is 115 cm³/mol. The lowest BCUT2D eigenvalue weighted by molar-refractivity contribution is -0.155. The largest absolute Gasteiger partial charge is 0.482 e. The third-order valence-corrected chi connectivity index (χ3v) is 5.71. The van der Waals surface area contributed by atoms with Gasteiger partial charge >= 0.3 is 5.97 Å². The van der Waals surface area contributed by atoms with Gasteiger partial charge in [-0.05, 0) is 49.4 Å². The molecule has 0 saturated heterocycles. The number of nitrogens with zero attached hydrogens (tertiary/aromatic N) is 1. The molecule has 0 radical (unpaired) electrons. The Balaban J connectivity index is 1.30. The van der Waals surface area contributed by atoms with Crippen LogP contribution >= 0.6 is 0 Å². The Morgan fingerprint density at radius 1 is 1.19 bits per heavy atom. The lowest BCUT2D eigenvalue weighted by Gasteiger charge is -2.29. The normalized spacial score (nSPS) is 18.3. The summed E-state index contributed by atoms with van der Waals surface area (Å²) < 4.78 is 10.7. The average Bonchev–Trinajstić information content (AvgIpc) is 2.78. The monoisotopic (exact) mass is 422 g/mol.